The second kappa shape index (κ2) is 6.37. The lowest BCUT2D eigenvalue weighted by Gasteiger charge is -2.32. The van der Waals surface area contributed by atoms with Crippen molar-refractivity contribution in [2.45, 2.75) is 6.54 Å². The minimum Gasteiger partial charge on any atom is -0.496 e. The van der Waals surface area contributed by atoms with Crippen LogP contribution in [0.4, 0.5) is 0 Å². The maximum absolute atomic E-state index is 11.1. The molecule has 1 aromatic rings. The third-order valence-electron chi connectivity index (χ3n) is 3.50. The SMILES string of the molecule is COc1cc(C(=O)Cl)ccc1CN1CCN(C)CC1. The molecule has 1 aliphatic heterocycles. The van der Waals surface area contributed by atoms with Crippen LogP contribution < -0.4 is 4.74 Å². The molecule has 0 radical (unpaired) electrons. The predicted molar refractivity (Wildman–Crippen MR) is 76.0 cm³/mol. The van der Waals surface area contributed by atoms with E-state index in [4.69, 9.17) is 16.3 Å². The molecule has 1 saturated heterocycles. The molecular weight excluding hydrogens is 264 g/mol. The third kappa shape index (κ3) is 3.69. The molecule has 5 heteroatoms. The molecule has 0 bridgehead atoms. The highest BCUT2D eigenvalue weighted by molar-refractivity contribution is 6.67. The Labute approximate surface area is 118 Å². The number of halogens is 1. The Kier molecular flexibility index (Phi) is 4.80. The number of ether oxygens (including phenoxy) is 1. The molecule has 0 atom stereocenters. The van der Waals surface area contributed by atoms with Crippen LogP contribution in [-0.2, 0) is 6.54 Å². The van der Waals surface area contributed by atoms with E-state index >= 15 is 0 Å². The molecule has 104 valence electrons. The van der Waals surface area contributed by atoms with Gasteiger partial charge in [0.2, 0.25) is 0 Å². The molecular formula is C14H19ClN2O2. The number of carbonyl (C=O) groups excluding carboxylic acids is 1. The summed E-state index contributed by atoms with van der Waals surface area (Å²) in [5.74, 6) is 0.727. The van der Waals surface area contributed by atoms with Crippen molar-refractivity contribution in [3.63, 3.8) is 0 Å². The van der Waals surface area contributed by atoms with E-state index in [2.05, 4.69) is 16.8 Å². The zero-order valence-corrected chi connectivity index (χ0v) is 12.1. The first-order valence-corrected chi connectivity index (χ1v) is 6.75. The van der Waals surface area contributed by atoms with Crippen LogP contribution in [0.2, 0.25) is 0 Å². The lowest BCUT2D eigenvalue weighted by atomic mass is 10.1. The Hall–Kier alpha value is -1.10. The highest BCUT2D eigenvalue weighted by Crippen LogP contribution is 2.23. The van der Waals surface area contributed by atoms with Crippen molar-refractivity contribution < 1.29 is 9.53 Å². The first-order valence-electron chi connectivity index (χ1n) is 6.38. The summed E-state index contributed by atoms with van der Waals surface area (Å²) in [5, 5.41) is -0.454. The minimum absolute atomic E-state index is 0.454. The van der Waals surface area contributed by atoms with Crippen LogP contribution in [0, 0.1) is 0 Å². The molecule has 0 aromatic heterocycles. The lowest BCUT2D eigenvalue weighted by molar-refractivity contribution is 0.108. The van der Waals surface area contributed by atoms with Crippen molar-refractivity contribution in [2.24, 2.45) is 0 Å². The highest BCUT2D eigenvalue weighted by Gasteiger charge is 2.16. The predicted octanol–water partition coefficient (Wildman–Crippen LogP) is 1.82. The number of rotatable bonds is 4. The molecule has 0 aliphatic carbocycles. The second-order valence-electron chi connectivity index (χ2n) is 4.88. The monoisotopic (exact) mass is 282 g/mol. The van der Waals surface area contributed by atoms with Crippen molar-refractivity contribution in [2.75, 3.05) is 40.3 Å². The van der Waals surface area contributed by atoms with Crippen molar-refractivity contribution in [1.29, 1.82) is 0 Å². The summed E-state index contributed by atoms with van der Waals surface area (Å²) in [7, 11) is 3.75. The van der Waals surface area contributed by atoms with E-state index < -0.39 is 5.24 Å². The molecule has 1 fully saturated rings. The van der Waals surface area contributed by atoms with Crippen LogP contribution in [0.1, 0.15) is 15.9 Å². The van der Waals surface area contributed by atoms with Gasteiger partial charge in [0, 0.05) is 43.9 Å². The van der Waals surface area contributed by atoms with Gasteiger partial charge in [-0.3, -0.25) is 9.69 Å². The van der Waals surface area contributed by atoms with Crippen LogP contribution >= 0.6 is 11.6 Å². The summed E-state index contributed by atoms with van der Waals surface area (Å²) in [5.41, 5.74) is 1.56. The topological polar surface area (TPSA) is 32.8 Å². The number of methoxy groups -OCH3 is 1. The molecule has 4 nitrogen and oxygen atoms in total. The Bertz CT molecular complexity index is 457. The van der Waals surface area contributed by atoms with E-state index in [0.717, 1.165) is 44.0 Å². The molecule has 0 unspecified atom stereocenters. The maximum Gasteiger partial charge on any atom is 0.252 e. The maximum atomic E-state index is 11.1. The first-order chi connectivity index (χ1) is 9.10. The van der Waals surface area contributed by atoms with Gasteiger partial charge in [0.1, 0.15) is 5.75 Å². The van der Waals surface area contributed by atoms with E-state index in [1.54, 1.807) is 19.2 Å². The number of benzene rings is 1. The van der Waals surface area contributed by atoms with E-state index in [1.807, 2.05) is 6.07 Å². The number of piperazine rings is 1. The van der Waals surface area contributed by atoms with Crippen LogP contribution in [0.5, 0.6) is 5.75 Å². The zero-order chi connectivity index (χ0) is 13.8. The van der Waals surface area contributed by atoms with Crippen molar-refractivity contribution in [1.82, 2.24) is 9.80 Å². The number of hydrogen-bond acceptors (Lipinski definition) is 4. The molecule has 1 aromatic carbocycles. The van der Waals surface area contributed by atoms with Crippen LogP contribution in [0.25, 0.3) is 0 Å². The van der Waals surface area contributed by atoms with Gasteiger partial charge in [0.15, 0.2) is 0 Å². The molecule has 1 aliphatic rings. The standard InChI is InChI=1S/C14H19ClN2O2/c1-16-5-7-17(8-6-16)10-12-4-3-11(14(15)18)9-13(12)19-2/h3-4,9H,5-8,10H2,1-2H3. The second-order valence-corrected chi connectivity index (χ2v) is 5.22. The molecule has 2 rings (SSSR count). The number of nitrogens with zero attached hydrogens (tertiary/aromatic N) is 2. The summed E-state index contributed by atoms with van der Waals surface area (Å²) in [6, 6.07) is 5.39. The van der Waals surface area contributed by atoms with Crippen molar-refractivity contribution in [3.8, 4) is 5.75 Å². The fourth-order valence-electron chi connectivity index (χ4n) is 2.24. The number of carbonyl (C=O) groups is 1. The Morgan fingerprint density at radius 3 is 2.58 bits per heavy atom. The smallest absolute Gasteiger partial charge is 0.252 e. The largest absolute Gasteiger partial charge is 0.496 e. The van der Waals surface area contributed by atoms with Gasteiger partial charge in [0.05, 0.1) is 7.11 Å². The van der Waals surface area contributed by atoms with E-state index in [-0.39, 0.29) is 0 Å². The minimum atomic E-state index is -0.454. The summed E-state index contributed by atoms with van der Waals surface area (Å²) >= 11 is 5.48. The van der Waals surface area contributed by atoms with Crippen LogP contribution in [0.15, 0.2) is 18.2 Å². The summed E-state index contributed by atoms with van der Waals surface area (Å²) in [6.07, 6.45) is 0. The van der Waals surface area contributed by atoms with Crippen LogP contribution in [0.3, 0.4) is 0 Å². The van der Waals surface area contributed by atoms with Gasteiger partial charge in [-0.15, -0.1) is 0 Å². The fourth-order valence-corrected chi connectivity index (χ4v) is 2.36. The quantitative estimate of drug-likeness (QED) is 0.789. The van der Waals surface area contributed by atoms with Gasteiger partial charge in [-0.05, 0) is 30.8 Å². The van der Waals surface area contributed by atoms with Gasteiger partial charge in [-0.2, -0.15) is 0 Å². The van der Waals surface area contributed by atoms with Gasteiger partial charge >= 0.3 is 0 Å². The van der Waals surface area contributed by atoms with Gasteiger partial charge in [0.25, 0.3) is 5.24 Å². The Balaban J connectivity index is 2.09. The van der Waals surface area contributed by atoms with Gasteiger partial charge in [-0.1, -0.05) is 6.07 Å². The van der Waals surface area contributed by atoms with Crippen molar-refractivity contribution in [3.05, 3.63) is 29.3 Å². The number of hydrogen-bond donors (Lipinski definition) is 0. The molecule has 0 N–H and O–H groups in total. The summed E-state index contributed by atoms with van der Waals surface area (Å²) in [4.78, 5) is 15.9. The number of likely N-dealkylation sites (N-methyl/N-ethyl adjacent to an activating group) is 1. The normalized spacial score (nSPS) is 17.4. The third-order valence-corrected chi connectivity index (χ3v) is 3.72. The molecule has 0 spiro atoms. The van der Waals surface area contributed by atoms with Crippen molar-refractivity contribution >= 4 is 16.8 Å². The lowest BCUT2D eigenvalue weighted by Crippen LogP contribution is -2.43. The molecule has 1 heterocycles. The van der Waals surface area contributed by atoms with Gasteiger partial charge in [-0.25, -0.2) is 0 Å². The van der Waals surface area contributed by atoms with Gasteiger partial charge < -0.3 is 9.64 Å². The fraction of sp³-hybridized carbons (Fsp3) is 0.500. The first kappa shape index (κ1) is 14.3. The van der Waals surface area contributed by atoms with E-state index in [9.17, 15) is 4.79 Å². The van der Waals surface area contributed by atoms with E-state index in [0.29, 0.717) is 5.56 Å². The Morgan fingerprint density at radius 1 is 1.32 bits per heavy atom. The molecule has 0 saturated carbocycles. The summed E-state index contributed by atoms with van der Waals surface area (Å²) < 4.78 is 5.35. The van der Waals surface area contributed by atoms with Crippen LogP contribution in [-0.4, -0.2) is 55.4 Å². The zero-order valence-electron chi connectivity index (χ0n) is 11.4. The molecule has 0 amide bonds. The molecule has 19 heavy (non-hydrogen) atoms. The average molecular weight is 283 g/mol. The summed E-state index contributed by atoms with van der Waals surface area (Å²) in [6.45, 7) is 5.11. The Morgan fingerprint density at radius 2 is 2.00 bits per heavy atom. The average Bonchev–Trinajstić information content (AvgIpc) is 2.41. The van der Waals surface area contributed by atoms with E-state index in [1.165, 1.54) is 0 Å². The highest BCUT2D eigenvalue weighted by atomic mass is 35.5.